The van der Waals surface area contributed by atoms with Gasteiger partial charge in [0, 0.05) is 3.57 Å². The van der Waals surface area contributed by atoms with Crippen LogP contribution >= 0.6 is 22.6 Å². The Bertz CT molecular complexity index is 687. The summed E-state index contributed by atoms with van der Waals surface area (Å²) in [5.41, 5.74) is 0.487. The van der Waals surface area contributed by atoms with E-state index in [1.165, 1.54) is 7.11 Å². The molecule has 1 unspecified atom stereocenters. The van der Waals surface area contributed by atoms with Crippen molar-refractivity contribution in [3.05, 3.63) is 33.0 Å². The standard InChI is InChI=1S/C14H16IN3O4/c1-7(14-17-8(2)18-22-14)16-13(19)9-5-11(20-3)12(21-4)6-10(9)15/h5-7H,1-4H3,(H,16,19). The molecule has 0 aliphatic carbocycles. The van der Waals surface area contributed by atoms with Crippen molar-refractivity contribution in [1.82, 2.24) is 15.5 Å². The lowest BCUT2D eigenvalue weighted by molar-refractivity contribution is 0.0931. The van der Waals surface area contributed by atoms with E-state index in [4.69, 9.17) is 14.0 Å². The van der Waals surface area contributed by atoms with E-state index in [0.717, 1.165) is 3.57 Å². The summed E-state index contributed by atoms with van der Waals surface area (Å²) in [6.45, 7) is 3.50. The largest absolute Gasteiger partial charge is 0.493 e. The first-order chi connectivity index (χ1) is 10.5. The van der Waals surface area contributed by atoms with E-state index in [2.05, 4.69) is 38.0 Å². The monoisotopic (exact) mass is 417 g/mol. The third kappa shape index (κ3) is 3.49. The van der Waals surface area contributed by atoms with E-state index in [9.17, 15) is 4.79 Å². The maximum Gasteiger partial charge on any atom is 0.253 e. The van der Waals surface area contributed by atoms with Gasteiger partial charge in [-0.3, -0.25) is 4.79 Å². The summed E-state index contributed by atoms with van der Waals surface area (Å²) in [7, 11) is 3.07. The van der Waals surface area contributed by atoms with Crippen LogP contribution in [0.5, 0.6) is 11.5 Å². The zero-order chi connectivity index (χ0) is 16.3. The predicted octanol–water partition coefficient (Wildman–Crippen LogP) is 2.49. The van der Waals surface area contributed by atoms with Gasteiger partial charge < -0.3 is 19.3 Å². The molecule has 1 atom stereocenters. The number of nitrogens with one attached hydrogen (secondary N) is 1. The Kier molecular flexibility index (Phi) is 5.22. The molecule has 0 fully saturated rings. The summed E-state index contributed by atoms with van der Waals surface area (Å²) in [5.74, 6) is 1.70. The molecule has 2 rings (SSSR count). The van der Waals surface area contributed by atoms with Crippen LogP contribution < -0.4 is 14.8 Å². The number of methoxy groups -OCH3 is 2. The summed E-state index contributed by atoms with van der Waals surface area (Å²) >= 11 is 2.08. The number of hydrogen-bond acceptors (Lipinski definition) is 6. The molecule has 0 bridgehead atoms. The normalized spacial score (nSPS) is 11.9. The highest BCUT2D eigenvalue weighted by molar-refractivity contribution is 14.1. The van der Waals surface area contributed by atoms with E-state index in [-0.39, 0.29) is 5.91 Å². The Morgan fingerprint density at radius 1 is 1.32 bits per heavy atom. The van der Waals surface area contributed by atoms with Gasteiger partial charge in [-0.2, -0.15) is 4.98 Å². The Morgan fingerprint density at radius 3 is 2.50 bits per heavy atom. The SMILES string of the molecule is COc1cc(I)c(C(=O)NC(C)c2nc(C)no2)cc1OC. The number of hydrogen-bond donors (Lipinski definition) is 1. The van der Waals surface area contributed by atoms with Crippen molar-refractivity contribution in [1.29, 1.82) is 0 Å². The number of halogens is 1. The first-order valence-electron chi connectivity index (χ1n) is 6.48. The number of carbonyl (C=O) groups is 1. The van der Waals surface area contributed by atoms with Gasteiger partial charge >= 0.3 is 0 Å². The Balaban J connectivity index is 2.22. The third-order valence-corrected chi connectivity index (χ3v) is 3.87. The number of carbonyl (C=O) groups excluding carboxylic acids is 1. The predicted molar refractivity (Wildman–Crippen MR) is 87.2 cm³/mol. The molecule has 0 saturated carbocycles. The molecule has 0 aliphatic rings. The maximum absolute atomic E-state index is 12.4. The number of ether oxygens (including phenoxy) is 2. The van der Waals surface area contributed by atoms with Crippen molar-refractivity contribution < 1.29 is 18.8 Å². The van der Waals surface area contributed by atoms with Crippen LogP contribution in [0, 0.1) is 10.5 Å². The van der Waals surface area contributed by atoms with Crippen LogP contribution in [0.25, 0.3) is 0 Å². The quantitative estimate of drug-likeness (QED) is 0.753. The molecule has 0 saturated heterocycles. The van der Waals surface area contributed by atoms with E-state index < -0.39 is 6.04 Å². The van der Waals surface area contributed by atoms with E-state index >= 15 is 0 Å². The average molecular weight is 417 g/mol. The van der Waals surface area contributed by atoms with Crippen molar-refractivity contribution in [3.8, 4) is 11.5 Å². The second-order valence-electron chi connectivity index (χ2n) is 4.56. The molecule has 118 valence electrons. The lowest BCUT2D eigenvalue weighted by Crippen LogP contribution is -2.27. The Morgan fingerprint density at radius 2 is 1.95 bits per heavy atom. The second kappa shape index (κ2) is 6.95. The molecular formula is C14H16IN3O4. The summed E-state index contributed by atoms with van der Waals surface area (Å²) in [5, 5.41) is 6.53. The first kappa shape index (κ1) is 16.5. The Hall–Kier alpha value is -1.84. The molecule has 0 spiro atoms. The molecule has 1 aromatic carbocycles. The van der Waals surface area contributed by atoms with Crippen LogP contribution in [0.15, 0.2) is 16.7 Å². The van der Waals surface area contributed by atoms with Crippen molar-refractivity contribution in [2.45, 2.75) is 19.9 Å². The minimum Gasteiger partial charge on any atom is -0.493 e. The highest BCUT2D eigenvalue weighted by atomic mass is 127. The number of aromatic nitrogens is 2. The zero-order valence-electron chi connectivity index (χ0n) is 12.6. The number of benzene rings is 1. The number of rotatable bonds is 5. The summed E-state index contributed by atoms with van der Waals surface area (Å²) < 4.78 is 16.2. The van der Waals surface area contributed by atoms with E-state index in [1.54, 1.807) is 33.1 Å². The van der Waals surface area contributed by atoms with Gasteiger partial charge in [0.25, 0.3) is 5.91 Å². The molecule has 1 N–H and O–H groups in total. The van der Waals surface area contributed by atoms with Crippen LogP contribution in [0.2, 0.25) is 0 Å². The molecule has 8 heteroatoms. The highest BCUT2D eigenvalue weighted by Gasteiger charge is 2.20. The lowest BCUT2D eigenvalue weighted by Gasteiger charge is -2.14. The highest BCUT2D eigenvalue weighted by Crippen LogP contribution is 2.31. The third-order valence-electron chi connectivity index (χ3n) is 2.98. The van der Waals surface area contributed by atoms with Gasteiger partial charge in [0.1, 0.15) is 6.04 Å². The lowest BCUT2D eigenvalue weighted by atomic mass is 10.1. The fourth-order valence-electron chi connectivity index (χ4n) is 1.85. The number of nitrogens with zero attached hydrogens (tertiary/aromatic N) is 2. The molecule has 2 aromatic rings. The van der Waals surface area contributed by atoms with Crippen LogP contribution in [0.4, 0.5) is 0 Å². The van der Waals surface area contributed by atoms with Crippen molar-refractivity contribution >= 4 is 28.5 Å². The van der Waals surface area contributed by atoms with E-state index in [0.29, 0.717) is 28.8 Å². The fourth-order valence-corrected chi connectivity index (χ4v) is 2.54. The van der Waals surface area contributed by atoms with Gasteiger partial charge in [0.15, 0.2) is 17.3 Å². The minimum atomic E-state index is -0.391. The topological polar surface area (TPSA) is 86.5 Å². The van der Waals surface area contributed by atoms with Crippen molar-refractivity contribution in [3.63, 3.8) is 0 Å². The Labute approximate surface area is 141 Å². The van der Waals surface area contributed by atoms with E-state index in [1.807, 2.05) is 0 Å². The van der Waals surface area contributed by atoms with Crippen LogP contribution in [-0.4, -0.2) is 30.3 Å². The summed E-state index contributed by atoms with van der Waals surface area (Å²) in [6.07, 6.45) is 0. The molecule has 22 heavy (non-hydrogen) atoms. The average Bonchev–Trinajstić information content (AvgIpc) is 2.93. The second-order valence-corrected chi connectivity index (χ2v) is 5.72. The van der Waals surface area contributed by atoms with Crippen molar-refractivity contribution in [2.24, 2.45) is 0 Å². The van der Waals surface area contributed by atoms with Gasteiger partial charge in [-0.25, -0.2) is 0 Å². The van der Waals surface area contributed by atoms with Crippen LogP contribution in [0.1, 0.15) is 35.0 Å². The van der Waals surface area contributed by atoms with Gasteiger partial charge in [-0.15, -0.1) is 0 Å². The smallest absolute Gasteiger partial charge is 0.253 e. The molecule has 1 heterocycles. The summed E-state index contributed by atoms with van der Waals surface area (Å²) in [4.78, 5) is 16.5. The van der Waals surface area contributed by atoms with Crippen LogP contribution in [0.3, 0.4) is 0 Å². The number of amides is 1. The summed E-state index contributed by atoms with van der Waals surface area (Å²) in [6, 6.07) is 3.00. The van der Waals surface area contributed by atoms with Gasteiger partial charge in [-0.1, -0.05) is 5.16 Å². The van der Waals surface area contributed by atoms with Gasteiger partial charge in [0.2, 0.25) is 5.89 Å². The molecular weight excluding hydrogens is 401 g/mol. The van der Waals surface area contributed by atoms with Crippen LogP contribution in [-0.2, 0) is 0 Å². The minimum absolute atomic E-state index is 0.256. The molecule has 1 aromatic heterocycles. The van der Waals surface area contributed by atoms with Gasteiger partial charge in [-0.05, 0) is 48.6 Å². The molecule has 7 nitrogen and oxygen atoms in total. The van der Waals surface area contributed by atoms with Crippen molar-refractivity contribution in [2.75, 3.05) is 14.2 Å². The first-order valence-corrected chi connectivity index (χ1v) is 7.56. The molecule has 0 aliphatic heterocycles. The zero-order valence-corrected chi connectivity index (χ0v) is 14.8. The van der Waals surface area contributed by atoms with Gasteiger partial charge in [0.05, 0.1) is 19.8 Å². The maximum atomic E-state index is 12.4. The fraction of sp³-hybridized carbons (Fsp3) is 0.357. The molecule has 0 radical (unpaired) electrons. The molecule has 1 amide bonds. The number of aryl methyl sites for hydroxylation is 1.